The lowest BCUT2D eigenvalue weighted by Gasteiger charge is -2.25. The summed E-state index contributed by atoms with van der Waals surface area (Å²) in [4.78, 5) is 38.6. The average Bonchev–Trinajstić information content (AvgIpc) is 3.32. The fourth-order valence-corrected chi connectivity index (χ4v) is 3.99. The molecule has 158 valence electrons. The average molecular weight is 529 g/mol. The molecule has 1 aliphatic heterocycles. The normalized spacial score (nSPS) is 15.7. The molecule has 0 bridgehead atoms. The number of imide groups is 2. The van der Waals surface area contributed by atoms with E-state index in [1.807, 2.05) is 26.0 Å². The first-order chi connectivity index (χ1) is 14.8. The number of carbonyl (C=O) groups excluding carboxylic acids is 3. The van der Waals surface area contributed by atoms with Crippen LogP contribution in [0.25, 0.3) is 11.8 Å². The third-order valence-corrected chi connectivity index (χ3v) is 6.46. The molecule has 3 aromatic rings. The lowest BCUT2D eigenvalue weighted by Crippen LogP contribution is -2.53. The molecule has 0 aliphatic carbocycles. The number of aromatic nitrogens is 1. The fraction of sp³-hybridized carbons (Fsp3) is 0.174. The van der Waals surface area contributed by atoms with Crippen LogP contribution in [0.4, 0.5) is 4.79 Å². The van der Waals surface area contributed by atoms with Gasteiger partial charge in [-0.1, -0.05) is 0 Å². The minimum Gasteiger partial charge on any atom is -0.467 e. The van der Waals surface area contributed by atoms with E-state index >= 15 is 0 Å². The predicted molar refractivity (Wildman–Crippen MR) is 123 cm³/mol. The number of nitrogens with one attached hydrogen (secondary N) is 1. The van der Waals surface area contributed by atoms with Gasteiger partial charge in [0.25, 0.3) is 11.8 Å². The molecule has 31 heavy (non-hydrogen) atoms. The summed E-state index contributed by atoms with van der Waals surface area (Å²) in [6, 6.07) is 10.7. The Morgan fingerprint density at radius 2 is 1.87 bits per heavy atom. The van der Waals surface area contributed by atoms with Crippen molar-refractivity contribution in [1.29, 1.82) is 0 Å². The maximum atomic E-state index is 13.0. The summed E-state index contributed by atoms with van der Waals surface area (Å²) in [5, 5.41) is 2.24. The first-order valence-electron chi connectivity index (χ1n) is 9.63. The standard InChI is InChI=1S/C23H20IN3O4/c1-13-9-17(6-7-20(13)24)27-14(2)10-16(15(27)3)11-19-21(28)25-23(30)26(22(19)29)12-18-5-4-8-31-18/h4-11H,12H2,1-3H3,(H,25,28,30)/b19-11-. The monoisotopic (exact) mass is 529 g/mol. The molecule has 3 heterocycles. The Kier molecular flexibility index (Phi) is 5.57. The molecule has 1 fully saturated rings. The summed E-state index contributed by atoms with van der Waals surface area (Å²) < 4.78 is 8.49. The van der Waals surface area contributed by atoms with Crippen molar-refractivity contribution in [2.45, 2.75) is 27.3 Å². The number of aryl methyl sites for hydroxylation is 2. The molecular formula is C23H20IN3O4. The molecule has 0 saturated carbocycles. The molecule has 1 aromatic carbocycles. The highest BCUT2D eigenvalue weighted by molar-refractivity contribution is 14.1. The summed E-state index contributed by atoms with van der Waals surface area (Å²) in [7, 11) is 0. The number of nitrogens with zero attached hydrogens (tertiary/aromatic N) is 2. The number of urea groups is 1. The van der Waals surface area contributed by atoms with Gasteiger partial charge in [-0.15, -0.1) is 0 Å². The van der Waals surface area contributed by atoms with E-state index in [9.17, 15) is 14.4 Å². The first kappa shape index (κ1) is 21.1. The second-order valence-corrected chi connectivity index (χ2v) is 8.55. The van der Waals surface area contributed by atoms with Crippen LogP contribution < -0.4 is 5.32 Å². The number of carbonyl (C=O) groups is 3. The number of halogens is 1. The number of rotatable bonds is 4. The van der Waals surface area contributed by atoms with Crippen molar-refractivity contribution in [2.75, 3.05) is 0 Å². The molecule has 4 amide bonds. The van der Waals surface area contributed by atoms with Crippen LogP contribution in [0, 0.1) is 24.3 Å². The second-order valence-electron chi connectivity index (χ2n) is 7.38. The zero-order valence-electron chi connectivity index (χ0n) is 17.2. The molecule has 0 unspecified atom stereocenters. The largest absolute Gasteiger partial charge is 0.467 e. The van der Waals surface area contributed by atoms with Crippen LogP contribution in [-0.4, -0.2) is 27.3 Å². The van der Waals surface area contributed by atoms with Gasteiger partial charge in [0, 0.05) is 20.6 Å². The third-order valence-electron chi connectivity index (χ3n) is 5.25. The topological polar surface area (TPSA) is 84.6 Å². The number of benzene rings is 1. The maximum absolute atomic E-state index is 13.0. The van der Waals surface area contributed by atoms with Gasteiger partial charge in [-0.3, -0.25) is 19.8 Å². The number of hydrogen-bond acceptors (Lipinski definition) is 4. The Balaban J connectivity index is 1.71. The van der Waals surface area contributed by atoms with Gasteiger partial charge in [-0.25, -0.2) is 4.79 Å². The molecule has 0 radical (unpaired) electrons. The Labute approximate surface area is 192 Å². The van der Waals surface area contributed by atoms with Crippen LogP contribution in [0.1, 0.15) is 28.3 Å². The van der Waals surface area contributed by atoms with Crippen LogP contribution in [-0.2, 0) is 16.1 Å². The van der Waals surface area contributed by atoms with Gasteiger partial charge in [0.15, 0.2) is 0 Å². The number of amides is 4. The Morgan fingerprint density at radius 1 is 1.10 bits per heavy atom. The fourth-order valence-electron chi connectivity index (χ4n) is 3.65. The van der Waals surface area contributed by atoms with E-state index in [0.717, 1.165) is 27.5 Å². The van der Waals surface area contributed by atoms with E-state index in [4.69, 9.17) is 4.42 Å². The molecule has 1 aliphatic rings. The van der Waals surface area contributed by atoms with E-state index in [1.165, 1.54) is 21.5 Å². The van der Waals surface area contributed by atoms with Crippen molar-refractivity contribution in [3.63, 3.8) is 0 Å². The van der Waals surface area contributed by atoms with Gasteiger partial charge in [-0.05, 0) is 97.0 Å². The maximum Gasteiger partial charge on any atom is 0.331 e. The van der Waals surface area contributed by atoms with E-state index in [1.54, 1.807) is 12.1 Å². The molecule has 7 nitrogen and oxygen atoms in total. The first-order valence-corrected chi connectivity index (χ1v) is 10.7. The summed E-state index contributed by atoms with van der Waals surface area (Å²) >= 11 is 2.30. The van der Waals surface area contributed by atoms with Gasteiger partial charge < -0.3 is 8.98 Å². The summed E-state index contributed by atoms with van der Waals surface area (Å²) in [5.41, 5.74) is 4.67. The SMILES string of the molecule is Cc1cc(-n2c(C)cc(/C=C3/C(=O)NC(=O)N(Cc4ccco4)C3=O)c2C)ccc1I. The summed E-state index contributed by atoms with van der Waals surface area (Å²) in [6.45, 7) is 5.91. The van der Waals surface area contributed by atoms with Gasteiger partial charge in [-0.2, -0.15) is 0 Å². The highest BCUT2D eigenvalue weighted by Gasteiger charge is 2.36. The second kappa shape index (κ2) is 8.18. The highest BCUT2D eigenvalue weighted by Crippen LogP contribution is 2.26. The number of hydrogen-bond donors (Lipinski definition) is 1. The quantitative estimate of drug-likeness (QED) is 0.311. The lowest BCUT2D eigenvalue weighted by molar-refractivity contribution is -0.130. The van der Waals surface area contributed by atoms with Gasteiger partial charge in [0.2, 0.25) is 0 Å². The minimum absolute atomic E-state index is 0.0523. The lowest BCUT2D eigenvalue weighted by atomic mass is 10.1. The molecule has 0 atom stereocenters. The highest BCUT2D eigenvalue weighted by atomic mass is 127. The zero-order chi connectivity index (χ0) is 22.3. The van der Waals surface area contributed by atoms with Crippen molar-refractivity contribution in [3.05, 3.63) is 80.1 Å². The van der Waals surface area contributed by atoms with Crippen molar-refractivity contribution in [2.24, 2.45) is 0 Å². The van der Waals surface area contributed by atoms with Crippen molar-refractivity contribution in [1.82, 2.24) is 14.8 Å². The van der Waals surface area contributed by atoms with Crippen molar-refractivity contribution in [3.8, 4) is 5.69 Å². The third kappa shape index (κ3) is 3.95. The summed E-state index contributed by atoms with van der Waals surface area (Å²) in [5.74, 6) is -0.912. The molecular weight excluding hydrogens is 509 g/mol. The van der Waals surface area contributed by atoms with Crippen LogP contribution >= 0.6 is 22.6 Å². The zero-order valence-corrected chi connectivity index (χ0v) is 19.4. The van der Waals surface area contributed by atoms with Gasteiger partial charge in [0.05, 0.1) is 12.8 Å². The summed E-state index contributed by atoms with van der Waals surface area (Å²) in [6.07, 6.45) is 3.00. The van der Waals surface area contributed by atoms with Crippen LogP contribution in [0.3, 0.4) is 0 Å². The minimum atomic E-state index is -0.761. The van der Waals surface area contributed by atoms with Gasteiger partial charge in [0.1, 0.15) is 11.3 Å². The van der Waals surface area contributed by atoms with Crippen molar-refractivity contribution >= 4 is 46.5 Å². The van der Waals surface area contributed by atoms with Crippen LogP contribution in [0.15, 0.2) is 52.7 Å². The Hall–Kier alpha value is -3.14. The van der Waals surface area contributed by atoms with Gasteiger partial charge >= 0.3 is 6.03 Å². The number of barbiturate groups is 1. The van der Waals surface area contributed by atoms with E-state index in [-0.39, 0.29) is 12.1 Å². The smallest absolute Gasteiger partial charge is 0.331 e. The van der Waals surface area contributed by atoms with Crippen molar-refractivity contribution < 1.29 is 18.8 Å². The van der Waals surface area contributed by atoms with Crippen LogP contribution in [0.2, 0.25) is 0 Å². The van der Waals surface area contributed by atoms with E-state index in [2.05, 4.69) is 51.5 Å². The molecule has 4 rings (SSSR count). The Morgan fingerprint density at radius 3 is 2.55 bits per heavy atom. The Bertz CT molecular complexity index is 1240. The van der Waals surface area contributed by atoms with E-state index in [0.29, 0.717) is 5.76 Å². The number of furan rings is 1. The van der Waals surface area contributed by atoms with E-state index < -0.39 is 17.8 Å². The van der Waals surface area contributed by atoms with Crippen LogP contribution in [0.5, 0.6) is 0 Å². The molecule has 1 N–H and O–H groups in total. The molecule has 1 saturated heterocycles. The molecule has 2 aromatic heterocycles. The molecule has 8 heteroatoms. The predicted octanol–water partition coefficient (Wildman–Crippen LogP) is 4.26. The molecule has 0 spiro atoms.